The summed E-state index contributed by atoms with van der Waals surface area (Å²) in [5, 5.41) is 3.85. The lowest BCUT2D eigenvalue weighted by atomic mass is 9.99. The number of nitrogens with zero attached hydrogens (tertiary/aromatic N) is 3. The molecule has 0 N–H and O–H groups in total. The van der Waals surface area contributed by atoms with Crippen molar-refractivity contribution >= 4 is 43.2 Å². The van der Waals surface area contributed by atoms with Gasteiger partial charge in [-0.1, -0.05) is 54.6 Å². The van der Waals surface area contributed by atoms with Gasteiger partial charge in [-0.25, -0.2) is 0 Å². The molecule has 0 aliphatic rings. The van der Waals surface area contributed by atoms with Crippen molar-refractivity contribution in [3.8, 4) is 38.4 Å². The second-order valence-electron chi connectivity index (χ2n) is 9.95. The molecule has 188 valence electrons. The third-order valence-corrected chi connectivity index (χ3v) is 8.80. The fourth-order valence-electron chi connectivity index (χ4n) is 5.73. The molecule has 4 aromatic carbocycles. The largest absolute Gasteiger partial charge is 0.309 e. The summed E-state index contributed by atoms with van der Waals surface area (Å²) in [6.45, 7) is 0. The molecule has 0 bridgehead atoms. The molecule has 40 heavy (non-hydrogen) atoms. The number of fused-ring (bicyclic) bond motifs is 5. The first-order valence-corrected chi connectivity index (χ1v) is 14.1. The van der Waals surface area contributed by atoms with E-state index in [1.54, 1.807) is 0 Å². The first-order chi connectivity index (χ1) is 19.8. The summed E-state index contributed by atoms with van der Waals surface area (Å²) in [7, 11) is 0. The zero-order valence-corrected chi connectivity index (χ0v) is 22.3. The summed E-state index contributed by atoms with van der Waals surface area (Å²) in [6, 6.07) is 41.4. The van der Waals surface area contributed by atoms with Crippen LogP contribution in [0.2, 0.25) is 0 Å². The molecule has 0 radical (unpaired) electrons. The second kappa shape index (κ2) is 9.30. The van der Waals surface area contributed by atoms with Crippen LogP contribution in [-0.2, 0) is 0 Å². The van der Waals surface area contributed by atoms with E-state index in [2.05, 4.69) is 130 Å². The van der Waals surface area contributed by atoms with Crippen molar-refractivity contribution in [3.63, 3.8) is 0 Å². The normalized spacial score (nSPS) is 11.5. The van der Waals surface area contributed by atoms with Gasteiger partial charge in [0.15, 0.2) is 0 Å². The zero-order valence-electron chi connectivity index (χ0n) is 21.5. The highest BCUT2D eigenvalue weighted by Gasteiger charge is 2.18. The molecule has 0 saturated carbocycles. The molecule has 4 aromatic heterocycles. The van der Waals surface area contributed by atoms with Gasteiger partial charge in [-0.2, -0.15) is 0 Å². The van der Waals surface area contributed by atoms with Crippen molar-refractivity contribution in [1.82, 2.24) is 14.5 Å². The minimum absolute atomic E-state index is 1.13. The van der Waals surface area contributed by atoms with Crippen LogP contribution in [-0.4, -0.2) is 14.5 Å². The van der Waals surface area contributed by atoms with Gasteiger partial charge in [-0.05, 0) is 93.9 Å². The van der Waals surface area contributed by atoms with E-state index in [4.69, 9.17) is 0 Å². The topological polar surface area (TPSA) is 30.7 Å². The van der Waals surface area contributed by atoms with Crippen LogP contribution in [0.25, 0.3) is 70.3 Å². The summed E-state index contributed by atoms with van der Waals surface area (Å²) < 4.78 is 3.74. The highest BCUT2D eigenvalue weighted by atomic mass is 32.1. The third kappa shape index (κ3) is 3.73. The molecular formula is C36H23N3S. The minimum Gasteiger partial charge on any atom is -0.309 e. The van der Waals surface area contributed by atoms with Crippen molar-refractivity contribution in [2.45, 2.75) is 0 Å². The smallest absolute Gasteiger partial charge is 0.0555 e. The molecule has 0 spiro atoms. The van der Waals surface area contributed by atoms with Gasteiger partial charge < -0.3 is 4.57 Å². The first-order valence-electron chi connectivity index (χ1n) is 13.3. The van der Waals surface area contributed by atoms with E-state index in [-0.39, 0.29) is 0 Å². The maximum absolute atomic E-state index is 4.25. The highest BCUT2D eigenvalue weighted by Crippen LogP contribution is 2.43. The summed E-state index contributed by atoms with van der Waals surface area (Å²) in [4.78, 5) is 9.78. The molecular weight excluding hydrogens is 506 g/mol. The fourth-order valence-corrected chi connectivity index (χ4v) is 6.96. The average Bonchev–Trinajstić information content (AvgIpc) is 3.62. The standard InChI is InChI=1S/C36H23N3S/c1-2-6-26(7-3-1)34-23-27-10-11-33-35(36(27)40-34)31-8-4-5-9-32(31)39(33)30-21-28(24-12-16-37-17-13-24)20-29(22-30)25-14-18-38-19-15-25/h1-23H. The van der Waals surface area contributed by atoms with Crippen LogP contribution in [0.5, 0.6) is 0 Å². The van der Waals surface area contributed by atoms with Crippen LogP contribution < -0.4 is 0 Å². The van der Waals surface area contributed by atoms with Crippen LogP contribution in [0.1, 0.15) is 0 Å². The van der Waals surface area contributed by atoms with Crippen LogP contribution in [0.4, 0.5) is 0 Å². The quantitative estimate of drug-likeness (QED) is 0.227. The van der Waals surface area contributed by atoms with Gasteiger partial charge in [0, 0.05) is 50.8 Å². The van der Waals surface area contributed by atoms with Crippen molar-refractivity contribution in [1.29, 1.82) is 0 Å². The molecule has 0 aliphatic carbocycles. The molecule has 0 atom stereocenters. The molecule has 8 rings (SSSR count). The van der Waals surface area contributed by atoms with Crippen molar-refractivity contribution in [2.75, 3.05) is 0 Å². The maximum Gasteiger partial charge on any atom is 0.0555 e. The van der Waals surface area contributed by atoms with Crippen LogP contribution in [0, 0.1) is 0 Å². The SMILES string of the molecule is c1ccc(-c2cc3ccc4c(c5ccccc5n4-c4cc(-c5ccncc5)cc(-c5ccncc5)c4)c3s2)cc1. The van der Waals surface area contributed by atoms with Crippen molar-refractivity contribution in [3.05, 3.63) is 140 Å². The van der Waals surface area contributed by atoms with Crippen molar-refractivity contribution in [2.24, 2.45) is 0 Å². The Morgan fingerprint density at radius 2 is 1.15 bits per heavy atom. The Kier molecular flexibility index (Phi) is 5.32. The van der Waals surface area contributed by atoms with Crippen LogP contribution in [0.15, 0.2) is 140 Å². The minimum atomic E-state index is 1.13. The molecule has 3 nitrogen and oxygen atoms in total. The van der Waals surface area contributed by atoms with Gasteiger partial charge in [-0.3, -0.25) is 9.97 Å². The van der Waals surface area contributed by atoms with E-state index >= 15 is 0 Å². The van der Waals surface area contributed by atoms with E-state index in [0.29, 0.717) is 0 Å². The van der Waals surface area contributed by atoms with Gasteiger partial charge in [-0.15, -0.1) is 11.3 Å². The second-order valence-corrected chi connectivity index (χ2v) is 11.0. The van der Waals surface area contributed by atoms with Gasteiger partial charge >= 0.3 is 0 Å². The molecule has 0 fully saturated rings. The van der Waals surface area contributed by atoms with E-state index < -0.39 is 0 Å². The summed E-state index contributed by atoms with van der Waals surface area (Å²) in [5.74, 6) is 0. The Bertz CT molecular complexity index is 2090. The van der Waals surface area contributed by atoms with Gasteiger partial charge in [0.05, 0.1) is 11.0 Å². The van der Waals surface area contributed by atoms with E-state index in [0.717, 1.165) is 27.9 Å². The van der Waals surface area contributed by atoms with E-state index in [1.165, 1.54) is 42.3 Å². The maximum atomic E-state index is 4.25. The van der Waals surface area contributed by atoms with E-state index in [9.17, 15) is 0 Å². The predicted octanol–water partition coefficient (Wildman–Crippen LogP) is 9.79. The molecule has 0 unspecified atom stereocenters. The lowest BCUT2D eigenvalue weighted by Gasteiger charge is -2.14. The molecule has 8 aromatic rings. The number of para-hydroxylation sites is 1. The number of hydrogen-bond acceptors (Lipinski definition) is 3. The Balaban J connectivity index is 1.43. The lowest BCUT2D eigenvalue weighted by Crippen LogP contribution is -1.96. The van der Waals surface area contributed by atoms with Gasteiger partial charge in [0.2, 0.25) is 0 Å². The summed E-state index contributed by atoms with van der Waals surface area (Å²) in [5.41, 5.74) is 9.39. The molecule has 0 aliphatic heterocycles. The Morgan fingerprint density at radius 1 is 0.500 bits per heavy atom. The molecule has 4 heterocycles. The first kappa shape index (κ1) is 22.9. The molecule has 0 amide bonds. The Morgan fingerprint density at radius 3 is 1.85 bits per heavy atom. The van der Waals surface area contributed by atoms with Crippen LogP contribution >= 0.6 is 11.3 Å². The Hall–Kier alpha value is -5.06. The number of rotatable bonds is 4. The predicted molar refractivity (Wildman–Crippen MR) is 168 cm³/mol. The highest BCUT2D eigenvalue weighted by molar-refractivity contribution is 7.23. The number of thiophene rings is 1. The molecule has 4 heteroatoms. The Labute approximate surface area is 235 Å². The number of pyridine rings is 2. The molecule has 0 saturated heterocycles. The lowest BCUT2D eigenvalue weighted by molar-refractivity contribution is 1.18. The zero-order chi connectivity index (χ0) is 26.5. The fraction of sp³-hybridized carbons (Fsp3) is 0. The number of aromatic nitrogens is 3. The van der Waals surface area contributed by atoms with Crippen molar-refractivity contribution < 1.29 is 0 Å². The number of hydrogen-bond donors (Lipinski definition) is 0. The average molecular weight is 530 g/mol. The van der Waals surface area contributed by atoms with Gasteiger partial charge in [0.25, 0.3) is 0 Å². The van der Waals surface area contributed by atoms with E-state index in [1.807, 2.05) is 36.1 Å². The number of benzene rings is 4. The summed E-state index contributed by atoms with van der Waals surface area (Å²) in [6.07, 6.45) is 7.41. The van der Waals surface area contributed by atoms with Gasteiger partial charge in [0.1, 0.15) is 0 Å². The van der Waals surface area contributed by atoms with Crippen LogP contribution in [0.3, 0.4) is 0 Å². The third-order valence-electron chi connectivity index (χ3n) is 7.58. The monoisotopic (exact) mass is 529 g/mol. The summed E-state index contributed by atoms with van der Waals surface area (Å²) >= 11 is 1.88.